The Kier molecular flexibility index (Phi) is 4.86. The second-order valence-electron chi connectivity index (χ2n) is 5.43. The summed E-state index contributed by atoms with van der Waals surface area (Å²) in [6.07, 6.45) is 4.56. The summed E-state index contributed by atoms with van der Waals surface area (Å²) in [5, 5.41) is 12.1. The summed E-state index contributed by atoms with van der Waals surface area (Å²) in [4.78, 5) is 24.1. The summed E-state index contributed by atoms with van der Waals surface area (Å²) in [6.45, 7) is 1.94. The number of nitrogens with one attached hydrogen (secondary N) is 1. The number of amides is 1. The van der Waals surface area contributed by atoms with Crippen LogP contribution >= 0.6 is 27.3 Å². The van der Waals surface area contributed by atoms with Crippen LogP contribution in [0.3, 0.4) is 0 Å². The Balaban J connectivity index is 2.14. The summed E-state index contributed by atoms with van der Waals surface area (Å²) in [5.41, 5.74) is 0.446. The summed E-state index contributed by atoms with van der Waals surface area (Å²) in [7, 11) is 0. The van der Waals surface area contributed by atoms with Crippen LogP contribution in [0.15, 0.2) is 9.85 Å². The van der Waals surface area contributed by atoms with Crippen LogP contribution in [-0.4, -0.2) is 22.5 Å². The average molecular weight is 360 g/mol. The van der Waals surface area contributed by atoms with Gasteiger partial charge in [-0.2, -0.15) is 0 Å². The van der Waals surface area contributed by atoms with Crippen LogP contribution in [0.5, 0.6) is 0 Å². The first-order valence-corrected chi connectivity index (χ1v) is 8.33. The van der Waals surface area contributed by atoms with Crippen molar-refractivity contribution in [1.29, 1.82) is 0 Å². The number of aryl methyl sites for hydroxylation is 1. The molecule has 1 aromatic rings. The number of hydrogen-bond donors (Lipinski definition) is 2. The highest BCUT2D eigenvalue weighted by Crippen LogP contribution is 2.33. The van der Waals surface area contributed by atoms with Crippen LogP contribution in [0.2, 0.25) is 0 Å². The van der Waals surface area contributed by atoms with Crippen molar-refractivity contribution in [3.63, 3.8) is 0 Å². The fourth-order valence-corrected chi connectivity index (χ4v) is 4.17. The van der Waals surface area contributed by atoms with Gasteiger partial charge in [0.25, 0.3) is 5.91 Å². The van der Waals surface area contributed by atoms with E-state index in [0.717, 1.165) is 41.5 Å². The Hall–Kier alpha value is -0.880. The van der Waals surface area contributed by atoms with E-state index in [-0.39, 0.29) is 12.3 Å². The second-order valence-corrected chi connectivity index (χ2v) is 7.80. The molecule has 0 radical (unpaired) electrons. The number of halogens is 1. The fraction of sp³-hybridized carbons (Fsp3) is 0.571. The van der Waals surface area contributed by atoms with E-state index in [2.05, 4.69) is 21.2 Å². The zero-order valence-corrected chi connectivity index (χ0v) is 13.8. The quantitative estimate of drug-likeness (QED) is 0.860. The van der Waals surface area contributed by atoms with Gasteiger partial charge in [0.15, 0.2) is 0 Å². The van der Waals surface area contributed by atoms with Crippen molar-refractivity contribution in [3.05, 3.63) is 20.3 Å². The lowest BCUT2D eigenvalue weighted by molar-refractivity contribution is -0.139. The number of rotatable bonds is 4. The van der Waals surface area contributed by atoms with E-state index in [9.17, 15) is 9.59 Å². The molecular weight excluding hydrogens is 342 g/mol. The van der Waals surface area contributed by atoms with Gasteiger partial charge < -0.3 is 10.4 Å². The first-order valence-electron chi connectivity index (χ1n) is 6.72. The minimum absolute atomic E-state index is 0.00423. The molecule has 20 heavy (non-hydrogen) atoms. The number of carboxylic acids is 1. The molecule has 0 unspecified atom stereocenters. The summed E-state index contributed by atoms with van der Waals surface area (Å²) < 4.78 is 0.943. The molecule has 1 fully saturated rings. The van der Waals surface area contributed by atoms with Crippen molar-refractivity contribution < 1.29 is 14.7 Å². The Morgan fingerprint density at radius 3 is 2.55 bits per heavy atom. The Bertz CT molecular complexity index is 501. The molecule has 0 bridgehead atoms. The summed E-state index contributed by atoms with van der Waals surface area (Å²) in [5.74, 6) is -1.01. The summed E-state index contributed by atoms with van der Waals surface area (Å²) >= 11 is 4.79. The minimum Gasteiger partial charge on any atom is -0.481 e. The number of hydrogen-bond acceptors (Lipinski definition) is 3. The number of carbonyl (C=O) groups is 2. The molecule has 110 valence electrons. The third-order valence-corrected chi connectivity index (χ3v) is 5.90. The van der Waals surface area contributed by atoms with Gasteiger partial charge in [0.2, 0.25) is 0 Å². The van der Waals surface area contributed by atoms with E-state index < -0.39 is 11.5 Å². The molecule has 4 nitrogen and oxygen atoms in total. The van der Waals surface area contributed by atoms with Gasteiger partial charge in [-0.3, -0.25) is 9.59 Å². The number of carbonyl (C=O) groups excluding carboxylic acids is 1. The van der Waals surface area contributed by atoms with Crippen molar-refractivity contribution in [2.24, 2.45) is 0 Å². The monoisotopic (exact) mass is 359 g/mol. The molecule has 0 saturated heterocycles. The van der Waals surface area contributed by atoms with Gasteiger partial charge in [0.1, 0.15) is 0 Å². The molecule has 1 saturated carbocycles. The predicted octanol–water partition coefficient (Wildman–Crippen LogP) is 3.73. The van der Waals surface area contributed by atoms with Gasteiger partial charge in [-0.05, 0) is 47.3 Å². The molecule has 1 aromatic heterocycles. The minimum atomic E-state index is -0.851. The number of thiophene rings is 1. The lowest BCUT2D eigenvalue weighted by atomic mass is 9.79. The van der Waals surface area contributed by atoms with Crippen LogP contribution in [0, 0.1) is 6.92 Å². The molecule has 0 atom stereocenters. The van der Waals surface area contributed by atoms with Crippen LogP contribution < -0.4 is 5.32 Å². The molecule has 1 amide bonds. The SMILES string of the molecule is Cc1cc(C(=O)NC2(CC(=O)O)CCCCC2)sc1Br. The molecule has 1 aliphatic carbocycles. The Morgan fingerprint density at radius 1 is 1.40 bits per heavy atom. The van der Waals surface area contributed by atoms with Gasteiger partial charge in [-0.15, -0.1) is 11.3 Å². The third-order valence-electron chi connectivity index (χ3n) is 3.76. The molecular formula is C14H18BrNO3S. The van der Waals surface area contributed by atoms with E-state index in [1.807, 2.05) is 13.0 Å². The average Bonchev–Trinajstić information content (AvgIpc) is 2.69. The topological polar surface area (TPSA) is 66.4 Å². The highest BCUT2D eigenvalue weighted by Gasteiger charge is 2.36. The van der Waals surface area contributed by atoms with Crippen molar-refractivity contribution >= 4 is 39.1 Å². The van der Waals surface area contributed by atoms with E-state index in [4.69, 9.17) is 5.11 Å². The van der Waals surface area contributed by atoms with Crippen LogP contribution in [-0.2, 0) is 4.79 Å². The highest BCUT2D eigenvalue weighted by molar-refractivity contribution is 9.11. The maximum absolute atomic E-state index is 12.4. The van der Waals surface area contributed by atoms with Crippen molar-refractivity contribution in [2.45, 2.75) is 51.0 Å². The highest BCUT2D eigenvalue weighted by atomic mass is 79.9. The predicted molar refractivity (Wildman–Crippen MR) is 82.3 cm³/mol. The van der Waals surface area contributed by atoms with Gasteiger partial charge in [-0.1, -0.05) is 19.3 Å². The molecule has 1 aliphatic rings. The van der Waals surface area contributed by atoms with E-state index in [1.54, 1.807) is 0 Å². The maximum atomic E-state index is 12.4. The lowest BCUT2D eigenvalue weighted by Crippen LogP contribution is -2.50. The molecule has 0 spiro atoms. The van der Waals surface area contributed by atoms with Crippen LogP contribution in [0.1, 0.15) is 53.8 Å². The maximum Gasteiger partial charge on any atom is 0.305 e. The molecule has 0 aliphatic heterocycles. The Morgan fingerprint density at radius 2 is 2.05 bits per heavy atom. The molecule has 2 N–H and O–H groups in total. The van der Waals surface area contributed by atoms with E-state index in [0.29, 0.717) is 4.88 Å². The zero-order chi connectivity index (χ0) is 14.8. The van der Waals surface area contributed by atoms with E-state index in [1.165, 1.54) is 11.3 Å². The van der Waals surface area contributed by atoms with E-state index >= 15 is 0 Å². The second kappa shape index (κ2) is 6.26. The Labute approximate surface area is 130 Å². The summed E-state index contributed by atoms with van der Waals surface area (Å²) in [6, 6.07) is 1.83. The van der Waals surface area contributed by atoms with Gasteiger partial charge >= 0.3 is 5.97 Å². The largest absolute Gasteiger partial charge is 0.481 e. The third kappa shape index (κ3) is 3.61. The number of aliphatic carboxylic acids is 1. The molecule has 0 aromatic carbocycles. The standard InChI is InChI=1S/C14H18BrNO3S/c1-9-7-10(20-12(9)15)13(19)16-14(8-11(17)18)5-3-2-4-6-14/h7H,2-6,8H2,1H3,(H,16,19)(H,17,18). The van der Waals surface area contributed by atoms with Crippen molar-refractivity contribution in [2.75, 3.05) is 0 Å². The van der Waals surface area contributed by atoms with Crippen molar-refractivity contribution in [1.82, 2.24) is 5.32 Å². The number of carboxylic acid groups (broad SMARTS) is 1. The van der Waals surface area contributed by atoms with Crippen molar-refractivity contribution in [3.8, 4) is 0 Å². The van der Waals surface area contributed by atoms with Gasteiger partial charge in [-0.25, -0.2) is 0 Å². The normalized spacial score (nSPS) is 17.7. The van der Waals surface area contributed by atoms with Gasteiger partial charge in [0, 0.05) is 0 Å². The first-order chi connectivity index (χ1) is 9.42. The smallest absolute Gasteiger partial charge is 0.305 e. The van der Waals surface area contributed by atoms with Gasteiger partial charge in [0.05, 0.1) is 20.6 Å². The molecule has 1 heterocycles. The lowest BCUT2D eigenvalue weighted by Gasteiger charge is -2.36. The van der Waals surface area contributed by atoms with Crippen LogP contribution in [0.4, 0.5) is 0 Å². The zero-order valence-electron chi connectivity index (χ0n) is 11.4. The molecule has 6 heteroatoms. The fourth-order valence-electron chi connectivity index (χ4n) is 2.74. The first kappa shape index (κ1) is 15.5. The van der Waals surface area contributed by atoms with Crippen LogP contribution in [0.25, 0.3) is 0 Å². The molecule has 2 rings (SSSR count).